The van der Waals surface area contributed by atoms with E-state index in [2.05, 4.69) is 10.2 Å². The Morgan fingerprint density at radius 3 is 2.56 bits per heavy atom. The molecule has 3 aromatic rings. The Kier molecular flexibility index (Phi) is 5.78. The van der Waals surface area contributed by atoms with Gasteiger partial charge in [0.2, 0.25) is 0 Å². The molecule has 0 aliphatic carbocycles. The van der Waals surface area contributed by atoms with Crippen molar-refractivity contribution in [2.45, 2.75) is 18.6 Å². The number of aromatic nitrogens is 3. The molecule has 1 aromatic heterocycles. The molecule has 25 heavy (non-hydrogen) atoms. The van der Waals surface area contributed by atoms with Gasteiger partial charge in [0.25, 0.3) is 0 Å². The number of carbonyl (C=O) groups is 1. The topological polar surface area (TPSA) is 47.8 Å². The van der Waals surface area contributed by atoms with Crippen LogP contribution in [0.1, 0.15) is 12.5 Å². The van der Waals surface area contributed by atoms with Gasteiger partial charge in [-0.1, -0.05) is 65.3 Å². The molecule has 0 aliphatic heterocycles. The minimum atomic E-state index is 0.0883. The first-order chi connectivity index (χ1) is 12.0. The zero-order valence-electron chi connectivity index (χ0n) is 13.4. The number of halogens is 2. The second-order valence-electron chi connectivity index (χ2n) is 5.49. The zero-order valence-corrected chi connectivity index (χ0v) is 15.8. The predicted molar refractivity (Wildman–Crippen MR) is 102 cm³/mol. The Bertz CT molecular complexity index is 897. The molecule has 0 saturated carbocycles. The van der Waals surface area contributed by atoms with Gasteiger partial charge in [-0.05, 0) is 30.7 Å². The van der Waals surface area contributed by atoms with Crippen molar-refractivity contribution in [2.24, 2.45) is 0 Å². The van der Waals surface area contributed by atoms with Gasteiger partial charge in [0, 0.05) is 10.6 Å². The number of rotatable bonds is 6. The number of hydrogen-bond donors (Lipinski definition) is 0. The molecule has 7 heteroatoms. The lowest BCUT2D eigenvalue weighted by Gasteiger charge is -2.11. The van der Waals surface area contributed by atoms with E-state index in [1.54, 1.807) is 19.1 Å². The molecule has 0 fully saturated rings. The fourth-order valence-electron chi connectivity index (χ4n) is 2.34. The fourth-order valence-corrected chi connectivity index (χ4v) is 3.57. The molecule has 0 radical (unpaired) electrons. The molecule has 4 nitrogen and oxygen atoms in total. The lowest BCUT2D eigenvalue weighted by molar-refractivity contribution is -0.114. The van der Waals surface area contributed by atoms with Gasteiger partial charge in [-0.3, -0.25) is 9.36 Å². The fraction of sp³-hybridized carbons (Fsp3) is 0.167. The van der Waals surface area contributed by atoms with E-state index < -0.39 is 0 Å². The van der Waals surface area contributed by atoms with E-state index in [0.29, 0.717) is 33.3 Å². The number of hydrogen-bond acceptors (Lipinski definition) is 4. The second-order valence-corrected chi connectivity index (χ2v) is 7.28. The summed E-state index contributed by atoms with van der Waals surface area (Å²) in [5.74, 6) is 1.09. The van der Waals surface area contributed by atoms with Crippen molar-refractivity contribution in [3.05, 3.63) is 64.1 Å². The van der Waals surface area contributed by atoms with Crippen LogP contribution in [0.4, 0.5) is 0 Å². The van der Waals surface area contributed by atoms with Crippen LogP contribution in [-0.2, 0) is 11.3 Å². The Hall–Kier alpha value is -1.82. The smallest absolute Gasteiger partial charge is 0.192 e. The van der Waals surface area contributed by atoms with Crippen molar-refractivity contribution in [2.75, 3.05) is 5.75 Å². The Morgan fingerprint density at radius 1 is 1.12 bits per heavy atom. The summed E-state index contributed by atoms with van der Waals surface area (Å²) in [6.07, 6.45) is 0. The lowest BCUT2D eigenvalue weighted by atomic mass is 10.2. The van der Waals surface area contributed by atoms with E-state index >= 15 is 0 Å². The van der Waals surface area contributed by atoms with Crippen molar-refractivity contribution in [3.63, 3.8) is 0 Å². The first-order valence-electron chi connectivity index (χ1n) is 7.59. The average molecular weight is 392 g/mol. The maximum atomic E-state index is 11.3. The third-order valence-electron chi connectivity index (χ3n) is 3.48. The number of ketones is 1. The number of nitrogens with zero attached hydrogens (tertiary/aromatic N) is 3. The summed E-state index contributed by atoms with van der Waals surface area (Å²) in [7, 11) is 0. The summed E-state index contributed by atoms with van der Waals surface area (Å²) in [5.41, 5.74) is 1.86. The zero-order chi connectivity index (χ0) is 17.8. The molecule has 0 atom stereocenters. The third-order valence-corrected chi connectivity index (χ3v) is 5.14. The molecule has 128 valence electrons. The first-order valence-corrected chi connectivity index (χ1v) is 9.33. The van der Waals surface area contributed by atoms with E-state index in [9.17, 15) is 4.79 Å². The number of benzene rings is 2. The lowest BCUT2D eigenvalue weighted by Crippen LogP contribution is -2.05. The van der Waals surface area contributed by atoms with Crippen molar-refractivity contribution < 1.29 is 4.79 Å². The minimum absolute atomic E-state index is 0.0883. The molecule has 0 unspecified atom stereocenters. The quantitative estimate of drug-likeness (QED) is 0.555. The predicted octanol–water partition coefficient (Wildman–Crippen LogP) is 4.98. The molecule has 0 bridgehead atoms. The highest BCUT2D eigenvalue weighted by Crippen LogP contribution is 2.32. The number of Topliss-reactive ketones (excluding diaryl/α,β-unsaturated/α-hetero) is 1. The Labute approximate surface area is 160 Å². The largest absolute Gasteiger partial charge is 0.299 e. The molecule has 0 amide bonds. The molecular formula is C18H15Cl2N3OS. The van der Waals surface area contributed by atoms with Crippen LogP contribution in [0.25, 0.3) is 11.4 Å². The normalized spacial score (nSPS) is 10.8. The van der Waals surface area contributed by atoms with Gasteiger partial charge in [-0.25, -0.2) is 0 Å². The maximum absolute atomic E-state index is 11.3. The molecule has 0 N–H and O–H groups in total. The van der Waals surface area contributed by atoms with Crippen LogP contribution in [0.3, 0.4) is 0 Å². The second kappa shape index (κ2) is 8.04. The summed E-state index contributed by atoms with van der Waals surface area (Å²) in [6, 6.07) is 15.3. The molecule has 0 saturated heterocycles. The molecule has 2 aromatic carbocycles. The van der Waals surface area contributed by atoms with Gasteiger partial charge in [0.1, 0.15) is 5.78 Å². The molecule has 0 aliphatic rings. The van der Waals surface area contributed by atoms with Crippen LogP contribution in [0, 0.1) is 0 Å². The average Bonchev–Trinajstić information content (AvgIpc) is 2.96. The highest BCUT2D eigenvalue weighted by atomic mass is 35.5. The number of thioether (sulfide) groups is 1. The monoisotopic (exact) mass is 391 g/mol. The van der Waals surface area contributed by atoms with Gasteiger partial charge < -0.3 is 0 Å². The first kappa shape index (κ1) is 18.0. The Balaban J connectivity index is 2.03. The van der Waals surface area contributed by atoms with Gasteiger partial charge in [0.05, 0.1) is 17.3 Å². The standard InChI is InChI=1S/C18H15Cl2N3OS/c1-12(24)11-25-18-22-21-17(15-8-7-14(19)9-16(15)20)23(18)10-13-5-3-2-4-6-13/h2-9H,10-11H2,1H3. The molecule has 0 spiro atoms. The SMILES string of the molecule is CC(=O)CSc1nnc(-c2ccc(Cl)cc2Cl)n1Cc1ccccc1. The van der Waals surface area contributed by atoms with Crippen LogP contribution in [0.15, 0.2) is 53.7 Å². The van der Waals surface area contributed by atoms with Crippen molar-refractivity contribution in [1.82, 2.24) is 14.8 Å². The van der Waals surface area contributed by atoms with Crippen LogP contribution in [-0.4, -0.2) is 26.3 Å². The Morgan fingerprint density at radius 2 is 1.88 bits per heavy atom. The molecule has 1 heterocycles. The van der Waals surface area contributed by atoms with Crippen LogP contribution in [0.2, 0.25) is 10.0 Å². The highest BCUT2D eigenvalue weighted by Gasteiger charge is 2.17. The van der Waals surface area contributed by atoms with Gasteiger partial charge in [-0.2, -0.15) is 0 Å². The summed E-state index contributed by atoms with van der Waals surface area (Å²) in [6.45, 7) is 2.14. The highest BCUT2D eigenvalue weighted by molar-refractivity contribution is 7.99. The van der Waals surface area contributed by atoms with Crippen LogP contribution >= 0.6 is 35.0 Å². The van der Waals surface area contributed by atoms with Gasteiger partial charge in [0.15, 0.2) is 11.0 Å². The maximum Gasteiger partial charge on any atom is 0.192 e. The van der Waals surface area contributed by atoms with E-state index in [0.717, 1.165) is 11.1 Å². The summed E-state index contributed by atoms with van der Waals surface area (Å²) in [4.78, 5) is 11.3. The van der Waals surface area contributed by atoms with E-state index in [1.807, 2.05) is 41.0 Å². The molecule has 3 rings (SSSR count). The summed E-state index contributed by atoms with van der Waals surface area (Å²) < 4.78 is 1.97. The van der Waals surface area contributed by atoms with Gasteiger partial charge in [-0.15, -0.1) is 10.2 Å². The van der Waals surface area contributed by atoms with E-state index in [-0.39, 0.29) is 5.78 Å². The van der Waals surface area contributed by atoms with Crippen molar-refractivity contribution in [3.8, 4) is 11.4 Å². The molecular weight excluding hydrogens is 377 g/mol. The van der Waals surface area contributed by atoms with Gasteiger partial charge >= 0.3 is 0 Å². The third kappa shape index (κ3) is 4.42. The number of carbonyl (C=O) groups excluding carboxylic acids is 1. The van der Waals surface area contributed by atoms with E-state index in [1.165, 1.54) is 11.8 Å². The van der Waals surface area contributed by atoms with E-state index in [4.69, 9.17) is 23.2 Å². The summed E-state index contributed by atoms with van der Waals surface area (Å²) in [5, 5.41) is 10.3. The minimum Gasteiger partial charge on any atom is -0.299 e. The summed E-state index contributed by atoms with van der Waals surface area (Å²) >= 11 is 13.7. The van der Waals surface area contributed by atoms with Crippen LogP contribution < -0.4 is 0 Å². The van der Waals surface area contributed by atoms with Crippen LogP contribution in [0.5, 0.6) is 0 Å². The van der Waals surface area contributed by atoms with Crippen molar-refractivity contribution >= 4 is 40.7 Å². The van der Waals surface area contributed by atoms with Crippen molar-refractivity contribution in [1.29, 1.82) is 0 Å².